The van der Waals surface area contributed by atoms with E-state index in [4.69, 9.17) is 0 Å². The van der Waals surface area contributed by atoms with Gasteiger partial charge in [0.2, 0.25) is 0 Å². The van der Waals surface area contributed by atoms with Crippen LogP contribution in [0, 0.1) is 0 Å². The molecule has 1 atom stereocenters. The summed E-state index contributed by atoms with van der Waals surface area (Å²) in [5.41, 5.74) is 2.21. The molecule has 0 saturated carbocycles. The van der Waals surface area contributed by atoms with Crippen molar-refractivity contribution in [3.63, 3.8) is 0 Å². The molecule has 4 nitrogen and oxygen atoms in total. The average molecular weight is 247 g/mol. The monoisotopic (exact) mass is 247 g/mol. The molecule has 0 amide bonds. The molecule has 2 N–H and O–H groups in total. The molecule has 0 spiro atoms. The van der Waals surface area contributed by atoms with Gasteiger partial charge in [0.05, 0.1) is 24.2 Å². The van der Waals surface area contributed by atoms with Gasteiger partial charge in [-0.05, 0) is 25.5 Å². The molecule has 2 aromatic rings. The Bertz CT molecular complexity index is 503. The Morgan fingerprint density at radius 3 is 2.78 bits per heavy atom. The summed E-state index contributed by atoms with van der Waals surface area (Å²) in [6, 6.07) is 8.33. The zero-order valence-corrected chi connectivity index (χ0v) is 11.1. The van der Waals surface area contributed by atoms with Gasteiger partial charge in [0.15, 0.2) is 0 Å². The predicted octanol–water partition coefficient (Wildman–Crippen LogP) is 1.92. The molecule has 4 heteroatoms. The molecule has 1 heterocycles. The minimum absolute atomic E-state index is 0.148. The Hall–Kier alpha value is -1.39. The first-order chi connectivity index (χ1) is 8.80. The Morgan fingerprint density at radius 1 is 1.33 bits per heavy atom. The molecule has 2 rings (SSSR count). The van der Waals surface area contributed by atoms with Gasteiger partial charge in [-0.1, -0.05) is 19.1 Å². The second kappa shape index (κ2) is 5.98. The topological polar surface area (TPSA) is 50.1 Å². The van der Waals surface area contributed by atoms with E-state index in [0.717, 1.165) is 24.3 Å². The maximum absolute atomic E-state index is 9.18. The van der Waals surface area contributed by atoms with Gasteiger partial charge in [0, 0.05) is 12.6 Å². The van der Waals surface area contributed by atoms with Crippen molar-refractivity contribution in [1.82, 2.24) is 14.9 Å². The van der Waals surface area contributed by atoms with Crippen molar-refractivity contribution in [2.75, 3.05) is 6.61 Å². The Labute approximate surface area is 108 Å². The number of nitrogens with one attached hydrogen (secondary N) is 1. The van der Waals surface area contributed by atoms with E-state index >= 15 is 0 Å². The number of benzene rings is 1. The molecule has 1 aromatic heterocycles. The molecule has 0 radical (unpaired) electrons. The first-order valence-electron chi connectivity index (χ1n) is 6.58. The fraction of sp³-hybridized carbons (Fsp3) is 0.500. The van der Waals surface area contributed by atoms with Crippen LogP contribution in [0.4, 0.5) is 0 Å². The first-order valence-corrected chi connectivity index (χ1v) is 6.58. The molecule has 1 aromatic carbocycles. The van der Waals surface area contributed by atoms with Crippen molar-refractivity contribution in [3.8, 4) is 0 Å². The number of hydrogen-bond acceptors (Lipinski definition) is 3. The van der Waals surface area contributed by atoms with Gasteiger partial charge in [-0.3, -0.25) is 0 Å². The molecule has 98 valence electrons. The maximum Gasteiger partial charge on any atom is 0.123 e. The number of imidazole rings is 1. The number of para-hydroxylation sites is 2. The third-order valence-corrected chi connectivity index (χ3v) is 3.31. The van der Waals surface area contributed by atoms with Crippen molar-refractivity contribution in [1.29, 1.82) is 0 Å². The number of aliphatic hydroxyl groups excluding tert-OH is 1. The molecule has 0 aliphatic carbocycles. The summed E-state index contributed by atoms with van der Waals surface area (Å²) >= 11 is 0. The number of aromatic nitrogens is 2. The summed E-state index contributed by atoms with van der Waals surface area (Å²) in [6.07, 6.45) is 0.919. The van der Waals surface area contributed by atoms with E-state index in [1.165, 1.54) is 5.52 Å². The second-order valence-corrected chi connectivity index (χ2v) is 4.43. The van der Waals surface area contributed by atoms with Gasteiger partial charge in [-0.25, -0.2) is 4.98 Å². The van der Waals surface area contributed by atoms with Gasteiger partial charge < -0.3 is 15.0 Å². The highest BCUT2D eigenvalue weighted by Gasteiger charge is 2.10. The molecule has 0 aliphatic heterocycles. The van der Waals surface area contributed by atoms with E-state index in [1.807, 2.05) is 18.2 Å². The van der Waals surface area contributed by atoms with Gasteiger partial charge >= 0.3 is 0 Å². The van der Waals surface area contributed by atoms with Crippen LogP contribution in [0.25, 0.3) is 11.0 Å². The van der Waals surface area contributed by atoms with Gasteiger partial charge in [-0.2, -0.15) is 0 Å². The van der Waals surface area contributed by atoms with Crippen LogP contribution in [0.15, 0.2) is 24.3 Å². The van der Waals surface area contributed by atoms with Crippen LogP contribution in [0.1, 0.15) is 26.1 Å². The van der Waals surface area contributed by atoms with Crippen molar-refractivity contribution in [2.45, 2.75) is 39.4 Å². The molecule has 0 saturated heterocycles. The summed E-state index contributed by atoms with van der Waals surface area (Å²) in [7, 11) is 0. The second-order valence-electron chi connectivity index (χ2n) is 4.43. The number of hydrogen-bond donors (Lipinski definition) is 2. The number of nitrogens with zero attached hydrogens (tertiary/aromatic N) is 2. The lowest BCUT2D eigenvalue weighted by molar-refractivity contribution is 0.237. The lowest BCUT2D eigenvalue weighted by Gasteiger charge is -2.14. The molecular formula is C14H21N3O. The van der Waals surface area contributed by atoms with E-state index in [2.05, 4.69) is 34.8 Å². The molecular weight excluding hydrogens is 226 g/mol. The highest BCUT2D eigenvalue weighted by atomic mass is 16.3. The Balaban J connectivity index is 2.22. The minimum Gasteiger partial charge on any atom is -0.395 e. The van der Waals surface area contributed by atoms with Gasteiger partial charge in [-0.15, -0.1) is 0 Å². The zero-order valence-electron chi connectivity index (χ0n) is 11.1. The molecule has 0 bridgehead atoms. The number of rotatable bonds is 6. The van der Waals surface area contributed by atoms with Crippen molar-refractivity contribution in [2.24, 2.45) is 0 Å². The van der Waals surface area contributed by atoms with Crippen molar-refractivity contribution >= 4 is 11.0 Å². The summed E-state index contributed by atoms with van der Waals surface area (Å²) in [5, 5.41) is 12.5. The quantitative estimate of drug-likeness (QED) is 0.820. The normalized spacial score (nSPS) is 13.1. The maximum atomic E-state index is 9.18. The highest BCUT2D eigenvalue weighted by molar-refractivity contribution is 5.75. The number of aryl methyl sites for hydroxylation is 1. The largest absolute Gasteiger partial charge is 0.395 e. The molecule has 0 aliphatic rings. The SMILES string of the molecule is CCC(CO)NCc1nc2ccccc2n1CC. The van der Waals surface area contributed by atoms with E-state index < -0.39 is 0 Å². The first kappa shape index (κ1) is 13.1. The molecule has 1 unspecified atom stereocenters. The molecule has 18 heavy (non-hydrogen) atoms. The summed E-state index contributed by atoms with van der Waals surface area (Å²) in [6.45, 7) is 5.97. The van der Waals surface area contributed by atoms with E-state index in [0.29, 0.717) is 6.54 Å². The zero-order chi connectivity index (χ0) is 13.0. The number of aliphatic hydroxyl groups is 1. The van der Waals surface area contributed by atoms with Gasteiger partial charge in [0.1, 0.15) is 5.82 Å². The van der Waals surface area contributed by atoms with E-state index in [9.17, 15) is 5.11 Å². The third-order valence-electron chi connectivity index (χ3n) is 3.31. The summed E-state index contributed by atoms with van der Waals surface area (Å²) in [4.78, 5) is 4.64. The van der Waals surface area contributed by atoms with Crippen LogP contribution in [0.2, 0.25) is 0 Å². The predicted molar refractivity (Wildman–Crippen MR) is 73.4 cm³/mol. The smallest absolute Gasteiger partial charge is 0.123 e. The van der Waals surface area contributed by atoms with Gasteiger partial charge in [0.25, 0.3) is 0 Å². The third kappa shape index (κ3) is 2.54. The van der Waals surface area contributed by atoms with Crippen LogP contribution >= 0.6 is 0 Å². The van der Waals surface area contributed by atoms with Crippen molar-refractivity contribution in [3.05, 3.63) is 30.1 Å². The summed E-state index contributed by atoms with van der Waals surface area (Å²) < 4.78 is 2.21. The van der Waals surface area contributed by atoms with Crippen LogP contribution in [0.3, 0.4) is 0 Å². The van der Waals surface area contributed by atoms with Crippen LogP contribution in [0.5, 0.6) is 0 Å². The lowest BCUT2D eigenvalue weighted by atomic mass is 10.2. The average Bonchev–Trinajstić information content (AvgIpc) is 2.77. The van der Waals surface area contributed by atoms with E-state index in [-0.39, 0.29) is 12.6 Å². The lowest BCUT2D eigenvalue weighted by Crippen LogP contribution is -2.32. The molecule has 0 fully saturated rings. The Kier molecular flexibility index (Phi) is 4.33. The summed E-state index contributed by atoms with van der Waals surface area (Å²) in [5.74, 6) is 1.03. The fourth-order valence-corrected chi connectivity index (χ4v) is 2.19. The van der Waals surface area contributed by atoms with Crippen LogP contribution in [-0.2, 0) is 13.1 Å². The Morgan fingerprint density at radius 2 is 2.11 bits per heavy atom. The number of fused-ring (bicyclic) bond motifs is 1. The van der Waals surface area contributed by atoms with Crippen LogP contribution < -0.4 is 5.32 Å². The fourth-order valence-electron chi connectivity index (χ4n) is 2.19. The van der Waals surface area contributed by atoms with E-state index in [1.54, 1.807) is 0 Å². The highest BCUT2D eigenvalue weighted by Crippen LogP contribution is 2.15. The minimum atomic E-state index is 0.148. The standard InChI is InChI=1S/C14H21N3O/c1-3-11(10-18)15-9-14-16-12-7-5-6-8-13(12)17(14)4-2/h5-8,11,15,18H,3-4,9-10H2,1-2H3. The van der Waals surface area contributed by atoms with Crippen LogP contribution in [-0.4, -0.2) is 27.3 Å². The van der Waals surface area contributed by atoms with Crippen molar-refractivity contribution < 1.29 is 5.11 Å².